The first kappa shape index (κ1) is 24.1. The highest BCUT2D eigenvalue weighted by atomic mass is 33.1. The van der Waals surface area contributed by atoms with E-state index in [4.69, 9.17) is 10.2 Å². The molecule has 32 heavy (non-hydrogen) atoms. The normalized spacial score (nSPS) is 10.4. The highest BCUT2D eigenvalue weighted by Crippen LogP contribution is 2.44. The first-order valence-electron chi connectivity index (χ1n) is 7.68. The predicted octanol–water partition coefficient (Wildman–Crippen LogP) is 1.47. The first-order chi connectivity index (χ1) is 14.9. The zero-order valence-electron chi connectivity index (χ0n) is 15.0. The van der Waals surface area contributed by atoms with Crippen molar-refractivity contribution in [3.8, 4) is 0 Å². The Kier molecular flexibility index (Phi) is 7.01. The summed E-state index contributed by atoms with van der Waals surface area (Å²) >= 11 is 0. The average Bonchev–Trinajstić information content (AvgIpc) is 2.69. The molecule has 0 aliphatic heterocycles. The quantitative estimate of drug-likeness (QED) is 0.275. The van der Waals surface area contributed by atoms with Crippen molar-refractivity contribution in [1.82, 2.24) is 9.97 Å². The largest absolute Gasteiger partial charge is 0.478 e. The van der Waals surface area contributed by atoms with Crippen molar-refractivity contribution in [2.45, 2.75) is 9.79 Å². The molecule has 2 heterocycles. The summed E-state index contributed by atoms with van der Waals surface area (Å²) in [5.41, 5.74) is -5.68. The zero-order valence-corrected chi connectivity index (χ0v) is 16.6. The number of rotatable bonds is 9. The Morgan fingerprint density at radius 2 is 0.844 bits per heavy atom. The van der Waals surface area contributed by atoms with Gasteiger partial charge in [-0.05, 0) is 0 Å². The van der Waals surface area contributed by atoms with Gasteiger partial charge in [-0.15, -0.1) is 0 Å². The van der Waals surface area contributed by atoms with E-state index < -0.39 is 79.2 Å². The topological polar surface area (TPSA) is 250 Å². The molecular weight excluding hydrogens is 476 g/mol. The molecule has 16 heteroatoms. The minimum atomic E-state index is -1.88. The van der Waals surface area contributed by atoms with E-state index in [0.29, 0.717) is 12.4 Å². The molecule has 2 aromatic heterocycles. The van der Waals surface area contributed by atoms with Crippen LogP contribution in [-0.4, -0.2) is 76.4 Å². The molecule has 6 N–H and O–H groups in total. The summed E-state index contributed by atoms with van der Waals surface area (Å²) in [5.74, 6) is -10.8. The van der Waals surface area contributed by atoms with E-state index in [2.05, 4.69) is 9.97 Å². The molecule has 0 saturated heterocycles. The second-order valence-electron chi connectivity index (χ2n) is 5.45. The number of hydrogen-bond acceptors (Lipinski definition) is 10. The SMILES string of the molecule is O=C(O)c1cnc(C(=O)O)c(C(=O)O)c1SSc1c(C(=O)O)cnc(C(=O)O)c1C(=O)O. The lowest BCUT2D eigenvalue weighted by Crippen LogP contribution is -2.16. The lowest BCUT2D eigenvalue weighted by atomic mass is 10.1. The van der Waals surface area contributed by atoms with Crippen LogP contribution in [0.2, 0.25) is 0 Å². The summed E-state index contributed by atoms with van der Waals surface area (Å²) in [6, 6.07) is 0. The van der Waals surface area contributed by atoms with Gasteiger partial charge in [-0.3, -0.25) is 0 Å². The maximum atomic E-state index is 11.6. The van der Waals surface area contributed by atoms with Gasteiger partial charge in [0.2, 0.25) is 0 Å². The lowest BCUT2D eigenvalue weighted by Gasteiger charge is -2.13. The van der Waals surface area contributed by atoms with Gasteiger partial charge < -0.3 is 30.6 Å². The molecule has 0 unspecified atom stereocenters. The average molecular weight is 484 g/mol. The monoisotopic (exact) mass is 484 g/mol. The van der Waals surface area contributed by atoms with Crippen molar-refractivity contribution in [3.63, 3.8) is 0 Å². The fourth-order valence-electron chi connectivity index (χ4n) is 2.27. The van der Waals surface area contributed by atoms with Crippen molar-refractivity contribution in [1.29, 1.82) is 0 Å². The lowest BCUT2D eigenvalue weighted by molar-refractivity contribution is 0.0637. The van der Waals surface area contributed by atoms with Crippen molar-refractivity contribution < 1.29 is 59.4 Å². The summed E-state index contributed by atoms with van der Waals surface area (Å²) in [5, 5.41) is 55.8. The minimum Gasteiger partial charge on any atom is -0.478 e. The number of pyridine rings is 2. The van der Waals surface area contributed by atoms with Crippen LogP contribution in [0.4, 0.5) is 0 Å². The number of nitrogens with zero attached hydrogens (tertiary/aromatic N) is 2. The smallest absolute Gasteiger partial charge is 0.355 e. The molecule has 0 spiro atoms. The van der Waals surface area contributed by atoms with Gasteiger partial charge in [0.25, 0.3) is 0 Å². The number of aromatic nitrogens is 2. The summed E-state index contributed by atoms with van der Waals surface area (Å²) in [6.45, 7) is 0. The van der Waals surface area contributed by atoms with Gasteiger partial charge in [-0.25, -0.2) is 38.7 Å². The third kappa shape index (κ3) is 4.60. The van der Waals surface area contributed by atoms with Gasteiger partial charge >= 0.3 is 35.8 Å². The highest BCUT2D eigenvalue weighted by molar-refractivity contribution is 8.76. The molecule has 0 fully saturated rings. The molecule has 0 atom stereocenters. The predicted molar refractivity (Wildman–Crippen MR) is 102 cm³/mol. The fourth-order valence-corrected chi connectivity index (χ4v) is 4.97. The minimum absolute atomic E-state index is 0.203. The number of carbonyl (C=O) groups is 6. The Morgan fingerprint density at radius 3 is 1.06 bits per heavy atom. The Hall–Kier alpha value is -4.18. The molecular formula is C16H8N2O12S2. The Balaban J connectivity index is 2.79. The standard InChI is InChI=1S/C16H8N2O12S2/c19-11(20)3-1-17-7(15(27)28)5(13(23)24)9(3)31-32-10-4(12(21)22)2-18-8(16(29)30)6(10)14(25)26/h1-2H,(H,19,20)(H,21,22)(H,23,24)(H,25,26)(H,27,28)(H,29,30). The molecule has 2 aromatic rings. The van der Waals surface area contributed by atoms with E-state index in [1.54, 1.807) is 0 Å². The molecule has 0 saturated carbocycles. The molecule has 2 rings (SSSR count). The van der Waals surface area contributed by atoms with E-state index in [1.165, 1.54) is 0 Å². The van der Waals surface area contributed by atoms with Crippen LogP contribution in [0.1, 0.15) is 62.4 Å². The number of carboxylic acids is 6. The molecule has 166 valence electrons. The molecule has 0 radical (unpaired) electrons. The molecule has 0 aliphatic rings. The van der Waals surface area contributed by atoms with Crippen LogP contribution in [0, 0.1) is 0 Å². The summed E-state index contributed by atoms with van der Waals surface area (Å²) < 4.78 is 0. The summed E-state index contributed by atoms with van der Waals surface area (Å²) in [4.78, 5) is 74.1. The number of aromatic carboxylic acids is 6. The van der Waals surface area contributed by atoms with Crippen LogP contribution in [0.15, 0.2) is 22.2 Å². The maximum absolute atomic E-state index is 11.6. The molecule has 0 amide bonds. The molecule has 14 nitrogen and oxygen atoms in total. The van der Waals surface area contributed by atoms with Crippen molar-refractivity contribution in [2.75, 3.05) is 0 Å². The Labute approximate surface area is 182 Å². The Morgan fingerprint density at radius 1 is 0.531 bits per heavy atom. The van der Waals surface area contributed by atoms with Gasteiger partial charge in [0.15, 0.2) is 11.4 Å². The second-order valence-corrected chi connectivity index (χ2v) is 7.60. The second kappa shape index (κ2) is 9.31. The van der Waals surface area contributed by atoms with Crippen LogP contribution in [0.5, 0.6) is 0 Å². The van der Waals surface area contributed by atoms with Crippen LogP contribution in [0.25, 0.3) is 0 Å². The van der Waals surface area contributed by atoms with Crippen LogP contribution < -0.4 is 0 Å². The fraction of sp³-hybridized carbons (Fsp3) is 0. The van der Waals surface area contributed by atoms with E-state index in [0.717, 1.165) is 0 Å². The highest BCUT2D eigenvalue weighted by Gasteiger charge is 2.31. The maximum Gasteiger partial charge on any atom is 0.355 e. The van der Waals surface area contributed by atoms with Crippen LogP contribution in [-0.2, 0) is 0 Å². The summed E-state index contributed by atoms with van der Waals surface area (Å²) in [6.07, 6.45) is 1.12. The Bertz CT molecular complexity index is 1120. The number of hydrogen-bond donors (Lipinski definition) is 6. The third-order valence-electron chi connectivity index (χ3n) is 3.56. The van der Waals surface area contributed by atoms with Gasteiger partial charge in [-0.2, -0.15) is 0 Å². The van der Waals surface area contributed by atoms with Gasteiger partial charge in [0, 0.05) is 12.4 Å². The van der Waals surface area contributed by atoms with Gasteiger partial charge in [-0.1, -0.05) is 21.6 Å². The van der Waals surface area contributed by atoms with E-state index in [1.807, 2.05) is 0 Å². The van der Waals surface area contributed by atoms with E-state index >= 15 is 0 Å². The molecule has 0 aliphatic carbocycles. The van der Waals surface area contributed by atoms with E-state index in [9.17, 15) is 49.2 Å². The van der Waals surface area contributed by atoms with Crippen molar-refractivity contribution in [2.24, 2.45) is 0 Å². The van der Waals surface area contributed by atoms with Crippen molar-refractivity contribution >= 4 is 57.4 Å². The van der Waals surface area contributed by atoms with Crippen molar-refractivity contribution in [3.05, 3.63) is 46.0 Å². The van der Waals surface area contributed by atoms with Gasteiger partial charge in [0.1, 0.15) is 11.1 Å². The first-order valence-corrected chi connectivity index (χ1v) is 9.83. The zero-order chi connectivity index (χ0) is 24.3. The van der Waals surface area contributed by atoms with Gasteiger partial charge in [0.05, 0.1) is 20.9 Å². The molecule has 0 bridgehead atoms. The molecule has 0 aromatic carbocycles. The third-order valence-corrected chi connectivity index (χ3v) is 6.08. The van der Waals surface area contributed by atoms with Crippen LogP contribution in [0.3, 0.4) is 0 Å². The van der Waals surface area contributed by atoms with Crippen LogP contribution >= 0.6 is 21.6 Å². The summed E-state index contributed by atoms with van der Waals surface area (Å²) in [7, 11) is 0.406. The number of carboxylic acid groups (broad SMARTS) is 6. The van der Waals surface area contributed by atoms with E-state index in [-0.39, 0.29) is 21.6 Å².